The number of anilines is 1. The van der Waals surface area contributed by atoms with Gasteiger partial charge in [0.2, 0.25) is 5.88 Å². The van der Waals surface area contributed by atoms with Gasteiger partial charge in [0.25, 0.3) is 11.5 Å². The number of carbonyl (C=O) groups is 1. The molecule has 7 nitrogen and oxygen atoms in total. The molecule has 0 unspecified atom stereocenters. The summed E-state index contributed by atoms with van der Waals surface area (Å²) in [6, 6.07) is 17.9. The van der Waals surface area contributed by atoms with Crippen molar-refractivity contribution in [2.45, 2.75) is 33.1 Å². The predicted molar refractivity (Wildman–Crippen MR) is 140 cm³/mol. The molecular weight excluding hydrogens is 471 g/mol. The maximum Gasteiger partial charge on any atom is 0.269 e. The zero-order valence-electron chi connectivity index (χ0n) is 20.9. The van der Waals surface area contributed by atoms with Crippen molar-refractivity contribution in [2.24, 2.45) is 0 Å². The summed E-state index contributed by atoms with van der Waals surface area (Å²) in [5, 5.41) is 12.2. The van der Waals surface area contributed by atoms with Gasteiger partial charge in [0, 0.05) is 11.9 Å². The van der Waals surface area contributed by atoms with Crippen molar-refractivity contribution in [2.75, 3.05) is 5.32 Å². The highest BCUT2D eigenvalue weighted by atomic mass is 19.1. The van der Waals surface area contributed by atoms with Crippen molar-refractivity contribution in [3.05, 3.63) is 105 Å². The van der Waals surface area contributed by atoms with Crippen molar-refractivity contribution in [3.63, 3.8) is 0 Å². The molecular formula is C29H25FN4O3. The van der Waals surface area contributed by atoms with E-state index >= 15 is 0 Å². The predicted octanol–water partition coefficient (Wildman–Crippen LogP) is 5.78. The lowest BCUT2D eigenvalue weighted by molar-refractivity contribution is -0.112. The fourth-order valence-corrected chi connectivity index (χ4v) is 3.65. The molecule has 0 saturated carbocycles. The lowest BCUT2D eigenvalue weighted by atomic mass is 9.87. The van der Waals surface area contributed by atoms with E-state index in [9.17, 15) is 19.2 Å². The molecule has 8 heteroatoms. The number of carbonyl (C=O) groups excluding carboxylic acids is 1. The second-order valence-corrected chi connectivity index (χ2v) is 9.53. The van der Waals surface area contributed by atoms with E-state index in [2.05, 4.69) is 31.1 Å². The average Bonchev–Trinajstić information content (AvgIpc) is 2.86. The van der Waals surface area contributed by atoms with Crippen molar-refractivity contribution in [1.82, 2.24) is 9.38 Å². The van der Waals surface area contributed by atoms with Crippen molar-refractivity contribution >= 4 is 23.3 Å². The smallest absolute Gasteiger partial charge is 0.269 e. The summed E-state index contributed by atoms with van der Waals surface area (Å²) in [4.78, 5) is 30.8. The standard InChI is InChI=1S/C29H25FN4O3/c1-18-6-5-15-34-25(18)33-27(37-23-13-7-20(8-14-23)29(2,3)4)24(28(34)36)16-19(17-31)26(35)32-22-11-9-21(30)10-12-22/h5-16H,1-4H3,(H,32,35)/b19-16-. The number of amides is 1. The molecule has 0 fully saturated rings. The minimum absolute atomic E-state index is 0.0369. The molecule has 0 bridgehead atoms. The Hall–Kier alpha value is -4.77. The summed E-state index contributed by atoms with van der Waals surface area (Å²) in [6.45, 7) is 8.11. The van der Waals surface area contributed by atoms with E-state index in [1.807, 2.05) is 31.2 Å². The minimum Gasteiger partial charge on any atom is -0.438 e. The third kappa shape index (κ3) is 5.57. The number of hydrogen-bond donors (Lipinski definition) is 1. The number of aryl methyl sites for hydroxylation is 1. The second kappa shape index (κ2) is 10.1. The monoisotopic (exact) mass is 496 g/mol. The average molecular weight is 497 g/mol. The number of nitrogens with zero attached hydrogens (tertiary/aromatic N) is 3. The van der Waals surface area contributed by atoms with Gasteiger partial charge < -0.3 is 10.1 Å². The topological polar surface area (TPSA) is 96.5 Å². The van der Waals surface area contributed by atoms with E-state index in [0.29, 0.717) is 17.1 Å². The van der Waals surface area contributed by atoms with Crippen molar-refractivity contribution in [1.29, 1.82) is 5.26 Å². The van der Waals surface area contributed by atoms with Gasteiger partial charge in [-0.2, -0.15) is 10.2 Å². The molecule has 2 heterocycles. The SMILES string of the molecule is Cc1cccn2c(=O)c(/C=C(/C#N)C(=O)Nc3ccc(F)cc3)c(Oc3ccc(C(C)(C)C)cc3)nc12. The van der Waals surface area contributed by atoms with Gasteiger partial charge >= 0.3 is 0 Å². The maximum absolute atomic E-state index is 13.5. The zero-order chi connectivity index (χ0) is 26.7. The first-order chi connectivity index (χ1) is 17.6. The molecule has 37 heavy (non-hydrogen) atoms. The molecule has 4 rings (SSSR count). The molecule has 2 aromatic heterocycles. The fraction of sp³-hybridized carbons (Fsp3) is 0.172. The van der Waals surface area contributed by atoms with Crippen LogP contribution < -0.4 is 15.6 Å². The van der Waals surface area contributed by atoms with E-state index < -0.39 is 17.3 Å². The lowest BCUT2D eigenvalue weighted by Gasteiger charge is -2.19. The maximum atomic E-state index is 13.5. The third-order valence-electron chi connectivity index (χ3n) is 5.74. The van der Waals surface area contributed by atoms with Gasteiger partial charge in [0.1, 0.15) is 34.4 Å². The number of aromatic nitrogens is 2. The highest BCUT2D eigenvalue weighted by Gasteiger charge is 2.19. The van der Waals surface area contributed by atoms with Crippen LogP contribution in [0.4, 0.5) is 10.1 Å². The van der Waals surface area contributed by atoms with Crippen LogP contribution in [0.15, 0.2) is 77.2 Å². The number of halogens is 1. The van der Waals surface area contributed by atoms with Gasteiger partial charge in [-0.1, -0.05) is 39.0 Å². The Kier molecular flexibility index (Phi) is 6.89. The number of nitriles is 1. The number of benzene rings is 2. The summed E-state index contributed by atoms with van der Waals surface area (Å²) >= 11 is 0. The van der Waals surface area contributed by atoms with Crippen LogP contribution in [0.3, 0.4) is 0 Å². The number of pyridine rings is 1. The summed E-state index contributed by atoms with van der Waals surface area (Å²) in [7, 11) is 0. The molecule has 0 radical (unpaired) electrons. The molecule has 2 aromatic carbocycles. The molecule has 186 valence electrons. The van der Waals surface area contributed by atoms with Crippen molar-refractivity contribution in [3.8, 4) is 17.7 Å². The molecule has 0 aliphatic rings. The Labute approximate surface area is 213 Å². The molecule has 0 spiro atoms. The van der Waals surface area contributed by atoms with Crippen molar-refractivity contribution < 1.29 is 13.9 Å². The Morgan fingerprint density at radius 3 is 2.41 bits per heavy atom. The largest absolute Gasteiger partial charge is 0.438 e. The summed E-state index contributed by atoms with van der Waals surface area (Å²) in [5.41, 5.74) is 1.58. The first kappa shape index (κ1) is 25.3. The Balaban J connectivity index is 1.80. The minimum atomic E-state index is -0.761. The van der Waals surface area contributed by atoms with Crippen LogP contribution in [0.1, 0.15) is 37.5 Å². The highest BCUT2D eigenvalue weighted by molar-refractivity contribution is 6.09. The first-order valence-electron chi connectivity index (χ1n) is 11.6. The van der Waals surface area contributed by atoms with E-state index in [1.165, 1.54) is 28.7 Å². The number of nitrogens with one attached hydrogen (secondary N) is 1. The van der Waals surface area contributed by atoms with Gasteiger partial charge in [-0.15, -0.1) is 0 Å². The van der Waals surface area contributed by atoms with E-state index in [4.69, 9.17) is 4.74 Å². The summed E-state index contributed by atoms with van der Waals surface area (Å²) < 4.78 is 20.6. The normalized spacial score (nSPS) is 11.7. The van der Waals surface area contributed by atoms with E-state index in [1.54, 1.807) is 24.4 Å². The van der Waals surface area contributed by atoms with E-state index in [-0.39, 0.29) is 22.4 Å². The number of ether oxygens (including phenoxy) is 1. The third-order valence-corrected chi connectivity index (χ3v) is 5.74. The first-order valence-corrected chi connectivity index (χ1v) is 11.6. The lowest BCUT2D eigenvalue weighted by Crippen LogP contribution is -2.20. The number of rotatable bonds is 5. The van der Waals surface area contributed by atoms with Gasteiger partial charge in [0.15, 0.2) is 0 Å². The van der Waals surface area contributed by atoms with Crippen LogP contribution >= 0.6 is 0 Å². The van der Waals surface area contributed by atoms with Gasteiger partial charge in [-0.25, -0.2) is 4.39 Å². The summed E-state index contributed by atoms with van der Waals surface area (Å²) in [5.74, 6) is -0.813. The highest BCUT2D eigenvalue weighted by Crippen LogP contribution is 2.28. The van der Waals surface area contributed by atoms with Crippen LogP contribution in [0.25, 0.3) is 11.7 Å². The van der Waals surface area contributed by atoms with Crippen LogP contribution in [0, 0.1) is 24.1 Å². The Bertz CT molecular complexity index is 1610. The number of fused-ring (bicyclic) bond motifs is 1. The van der Waals surface area contributed by atoms with Gasteiger partial charge in [-0.3, -0.25) is 14.0 Å². The molecule has 0 aliphatic carbocycles. The van der Waals surface area contributed by atoms with Gasteiger partial charge in [0.05, 0.1) is 0 Å². The zero-order valence-corrected chi connectivity index (χ0v) is 20.9. The van der Waals surface area contributed by atoms with Crippen LogP contribution in [-0.4, -0.2) is 15.3 Å². The van der Waals surface area contributed by atoms with Crippen LogP contribution in [0.2, 0.25) is 0 Å². The fourth-order valence-electron chi connectivity index (χ4n) is 3.65. The molecule has 0 atom stereocenters. The van der Waals surface area contributed by atoms with Crippen LogP contribution in [-0.2, 0) is 10.2 Å². The van der Waals surface area contributed by atoms with Crippen LogP contribution in [0.5, 0.6) is 11.6 Å². The molecule has 1 amide bonds. The summed E-state index contributed by atoms with van der Waals surface area (Å²) in [6.07, 6.45) is 2.71. The second-order valence-electron chi connectivity index (χ2n) is 9.53. The molecule has 1 N–H and O–H groups in total. The van der Waals surface area contributed by atoms with Gasteiger partial charge in [-0.05, 0) is 72.0 Å². The van der Waals surface area contributed by atoms with E-state index in [0.717, 1.165) is 17.2 Å². The molecule has 4 aromatic rings. The molecule has 0 aliphatic heterocycles. The Morgan fingerprint density at radius 2 is 1.78 bits per heavy atom. The Morgan fingerprint density at radius 1 is 1.11 bits per heavy atom. The number of hydrogen-bond acceptors (Lipinski definition) is 5. The quantitative estimate of drug-likeness (QED) is 0.279. The molecule has 0 saturated heterocycles.